The highest BCUT2D eigenvalue weighted by Gasteiger charge is 2.44. The van der Waals surface area contributed by atoms with Gasteiger partial charge in [0.25, 0.3) is 0 Å². The van der Waals surface area contributed by atoms with E-state index in [1.165, 1.54) is 167 Å². The van der Waals surface area contributed by atoms with E-state index < -0.39 is 49.5 Å². The highest BCUT2D eigenvalue weighted by molar-refractivity contribution is 5.76. The van der Waals surface area contributed by atoms with Gasteiger partial charge in [0.05, 0.1) is 25.4 Å². The third-order valence-electron chi connectivity index (χ3n) is 13.9. The molecule has 1 saturated heterocycles. The number of aliphatic hydroxyl groups is 5. The van der Waals surface area contributed by atoms with E-state index in [9.17, 15) is 30.3 Å². The molecule has 0 bridgehead atoms. The van der Waals surface area contributed by atoms with Crippen molar-refractivity contribution >= 4 is 5.91 Å². The molecule has 0 aromatic rings. The lowest BCUT2D eigenvalue weighted by atomic mass is 9.99. The van der Waals surface area contributed by atoms with Crippen molar-refractivity contribution in [1.82, 2.24) is 5.32 Å². The predicted molar refractivity (Wildman–Crippen MR) is 295 cm³/mol. The number of hydrogen-bond donors (Lipinski definition) is 6. The summed E-state index contributed by atoms with van der Waals surface area (Å²) in [7, 11) is 0. The van der Waals surface area contributed by atoms with Gasteiger partial charge in [-0.3, -0.25) is 4.79 Å². The Balaban J connectivity index is 2.15. The highest BCUT2D eigenvalue weighted by Crippen LogP contribution is 2.23. The molecule has 1 aliphatic rings. The molecular weight excluding hydrogens is 875 g/mol. The predicted octanol–water partition coefficient (Wildman–Crippen LogP) is 14.7. The fourth-order valence-electron chi connectivity index (χ4n) is 9.25. The lowest BCUT2D eigenvalue weighted by Gasteiger charge is -2.40. The minimum atomic E-state index is -1.55. The van der Waals surface area contributed by atoms with Gasteiger partial charge in [-0.1, -0.05) is 261 Å². The molecule has 1 fully saturated rings. The van der Waals surface area contributed by atoms with Crippen LogP contribution in [0.5, 0.6) is 0 Å². The Hall–Kier alpha value is -2.11. The maximum absolute atomic E-state index is 13.1. The Kier molecular flexibility index (Phi) is 47.5. The Morgan fingerprint density at radius 3 is 1.31 bits per heavy atom. The molecule has 9 heteroatoms. The monoisotopic (exact) mass is 986 g/mol. The molecule has 1 amide bonds. The second-order valence-electron chi connectivity index (χ2n) is 20.4. The van der Waals surface area contributed by atoms with Crippen molar-refractivity contribution in [2.45, 2.75) is 307 Å². The number of rotatable bonds is 50. The fourth-order valence-corrected chi connectivity index (χ4v) is 9.25. The molecular formula is C61H111NO8. The molecule has 0 spiro atoms. The van der Waals surface area contributed by atoms with Crippen molar-refractivity contribution in [3.05, 3.63) is 60.8 Å². The Labute approximate surface area is 430 Å². The summed E-state index contributed by atoms with van der Waals surface area (Å²) >= 11 is 0. The van der Waals surface area contributed by atoms with Crippen LogP contribution in [0.15, 0.2) is 60.8 Å². The van der Waals surface area contributed by atoms with E-state index in [2.05, 4.69) is 79.9 Å². The first-order chi connectivity index (χ1) is 34.3. The van der Waals surface area contributed by atoms with Gasteiger partial charge < -0.3 is 40.3 Å². The van der Waals surface area contributed by atoms with Crippen molar-refractivity contribution in [3.63, 3.8) is 0 Å². The van der Waals surface area contributed by atoms with Gasteiger partial charge in [-0.15, -0.1) is 0 Å². The second-order valence-corrected chi connectivity index (χ2v) is 20.4. The molecule has 1 rings (SSSR count). The van der Waals surface area contributed by atoms with Crippen LogP contribution in [0.1, 0.15) is 264 Å². The number of allylic oxidation sites excluding steroid dienone is 10. The standard InChI is InChI=1S/C61H111NO8/c1-3-5-7-9-11-13-15-17-19-21-22-23-24-25-26-27-28-29-30-31-32-33-34-35-37-39-41-43-45-47-49-51-57(65)62-54(53-69-61-60(68)59(67)58(66)56(52-63)70-61)55(64)50-48-46-44-42-40-38-36-20-18-16-14-12-10-8-6-4-2/h5,7,11,13,17,19,22-23,25-26,54-56,58-61,63-64,66-68H,3-4,6,8-10,12,14-16,18,20-21,24,27-53H2,1-2H3,(H,62,65)/b7-5-,13-11-,19-17-,23-22-,26-25-. The third-order valence-corrected chi connectivity index (χ3v) is 13.9. The molecule has 7 unspecified atom stereocenters. The molecule has 0 aliphatic carbocycles. The summed E-state index contributed by atoms with van der Waals surface area (Å²) in [5, 5.41) is 54.7. The number of ether oxygens (including phenoxy) is 2. The molecule has 0 aromatic heterocycles. The summed E-state index contributed by atoms with van der Waals surface area (Å²) in [5.74, 6) is -0.144. The SMILES string of the molecule is CC/C=C\C/C=C\C/C=C\C/C=C\C/C=C\CCCCCCCCCCCCCCCCCC(=O)NC(COC1OC(CO)C(O)C(O)C1O)C(O)CCCCCCCCCCCCCCCCCC. The van der Waals surface area contributed by atoms with Crippen molar-refractivity contribution < 1.29 is 39.8 Å². The average Bonchev–Trinajstić information content (AvgIpc) is 3.36. The normalized spacial score (nSPS) is 19.8. The molecule has 408 valence electrons. The number of aliphatic hydroxyl groups excluding tert-OH is 5. The van der Waals surface area contributed by atoms with Crippen LogP contribution in [0.3, 0.4) is 0 Å². The third kappa shape index (κ3) is 39.4. The molecule has 0 aromatic carbocycles. The topological polar surface area (TPSA) is 149 Å². The minimum absolute atomic E-state index is 0.137. The Bertz CT molecular complexity index is 1280. The molecule has 1 heterocycles. The molecule has 0 saturated carbocycles. The minimum Gasteiger partial charge on any atom is -0.394 e. The van der Waals surface area contributed by atoms with E-state index in [-0.39, 0.29) is 12.5 Å². The van der Waals surface area contributed by atoms with Gasteiger partial charge in [-0.25, -0.2) is 0 Å². The van der Waals surface area contributed by atoms with Crippen LogP contribution in [0.4, 0.5) is 0 Å². The van der Waals surface area contributed by atoms with Crippen molar-refractivity contribution in [2.24, 2.45) is 0 Å². The van der Waals surface area contributed by atoms with Gasteiger partial charge in [0.15, 0.2) is 6.29 Å². The maximum Gasteiger partial charge on any atom is 0.220 e. The lowest BCUT2D eigenvalue weighted by molar-refractivity contribution is -0.302. The zero-order valence-corrected chi connectivity index (χ0v) is 45.3. The van der Waals surface area contributed by atoms with Gasteiger partial charge >= 0.3 is 0 Å². The molecule has 70 heavy (non-hydrogen) atoms. The summed E-state index contributed by atoms with van der Waals surface area (Å²) in [4.78, 5) is 13.1. The lowest BCUT2D eigenvalue weighted by Crippen LogP contribution is -2.60. The van der Waals surface area contributed by atoms with Gasteiger partial charge in [0.2, 0.25) is 5.91 Å². The fraction of sp³-hybridized carbons (Fsp3) is 0.820. The van der Waals surface area contributed by atoms with Crippen LogP contribution in [0.25, 0.3) is 0 Å². The molecule has 7 atom stereocenters. The summed E-state index contributed by atoms with van der Waals surface area (Å²) in [5.41, 5.74) is 0. The molecule has 9 nitrogen and oxygen atoms in total. The van der Waals surface area contributed by atoms with Gasteiger partial charge in [0, 0.05) is 6.42 Å². The van der Waals surface area contributed by atoms with E-state index in [4.69, 9.17) is 9.47 Å². The van der Waals surface area contributed by atoms with Crippen LogP contribution >= 0.6 is 0 Å². The van der Waals surface area contributed by atoms with Crippen LogP contribution in [0.2, 0.25) is 0 Å². The van der Waals surface area contributed by atoms with E-state index in [1.807, 2.05) is 0 Å². The smallest absolute Gasteiger partial charge is 0.220 e. The van der Waals surface area contributed by atoms with Gasteiger partial charge in [-0.05, 0) is 57.8 Å². The molecule has 6 N–H and O–H groups in total. The van der Waals surface area contributed by atoms with Gasteiger partial charge in [-0.2, -0.15) is 0 Å². The summed E-state index contributed by atoms with van der Waals surface area (Å²) < 4.78 is 11.3. The quantitative estimate of drug-likeness (QED) is 0.0261. The first kappa shape index (κ1) is 65.9. The summed E-state index contributed by atoms with van der Waals surface area (Å²) in [6.45, 7) is 3.74. The summed E-state index contributed by atoms with van der Waals surface area (Å²) in [6.07, 6.45) is 61.1. The van der Waals surface area contributed by atoms with Crippen LogP contribution in [-0.2, 0) is 14.3 Å². The zero-order valence-electron chi connectivity index (χ0n) is 45.3. The van der Waals surface area contributed by atoms with Crippen molar-refractivity contribution in [1.29, 1.82) is 0 Å². The number of carbonyl (C=O) groups excluding carboxylic acids is 1. The number of amides is 1. The number of hydrogen-bond acceptors (Lipinski definition) is 8. The van der Waals surface area contributed by atoms with E-state index in [0.717, 1.165) is 70.6 Å². The molecule has 1 aliphatic heterocycles. The largest absolute Gasteiger partial charge is 0.394 e. The zero-order chi connectivity index (χ0) is 50.8. The number of nitrogens with one attached hydrogen (secondary N) is 1. The number of unbranched alkanes of at least 4 members (excludes halogenated alkanes) is 30. The first-order valence-corrected chi connectivity index (χ1v) is 29.5. The van der Waals surface area contributed by atoms with Gasteiger partial charge in [0.1, 0.15) is 24.4 Å². The van der Waals surface area contributed by atoms with Crippen molar-refractivity contribution in [2.75, 3.05) is 13.2 Å². The highest BCUT2D eigenvalue weighted by atomic mass is 16.7. The summed E-state index contributed by atoms with van der Waals surface area (Å²) in [6, 6.07) is -0.720. The number of carbonyl (C=O) groups is 1. The van der Waals surface area contributed by atoms with E-state index >= 15 is 0 Å². The van der Waals surface area contributed by atoms with Crippen LogP contribution in [0, 0.1) is 0 Å². The molecule has 0 radical (unpaired) electrons. The van der Waals surface area contributed by atoms with Crippen LogP contribution in [-0.4, -0.2) is 87.5 Å². The van der Waals surface area contributed by atoms with Crippen LogP contribution < -0.4 is 5.32 Å². The van der Waals surface area contributed by atoms with Crippen molar-refractivity contribution in [3.8, 4) is 0 Å². The maximum atomic E-state index is 13.1. The Morgan fingerprint density at radius 2 is 0.886 bits per heavy atom. The second kappa shape index (κ2) is 50.4. The average molecular weight is 987 g/mol. The van der Waals surface area contributed by atoms with E-state index in [0.29, 0.717) is 12.8 Å². The van der Waals surface area contributed by atoms with E-state index in [1.54, 1.807) is 0 Å². The first-order valence-electron chi connectivity index (χ1n) is 29.5. The Morgan fingerprint density at radius 1 is 0.500 bits per heavy atom.